The zero-order valence-corrected chi connectivity index (χ0v) is 15.9. The highest BCUT2D eigenvalue weighted by Crippen LogP contribution is 2.24. The van der Waals surface area contributed by atoms with Crippen molar-refractivity contribution in [2.75, 3.05) is 19.6 Å². The van der Waals surface area contributed by atoms with Crippen molar-refractivity contribution in [2.24, 2.45) is 0 Å². The van der Waals surface area contributed by atoms with Crippen LogP contribution in [0.5, 0.6) is 0 Å². The molecule has 0 saturated carbocycles. The highest BCUT2D eigenvalue weighted by atomic mass is 16.4. The van der Waals surface area contributed by atoms with E-state index in [1.165, 1.54) is 11.8 Å². The van der Waals surface area contributed by atoms with Crippen molar-refractivity contribution in [1.82, 2.24) is 20.0 Å². The van der Waals surface area contributed by atoms with E-state index in [1.807, 2.05) is 20.8 Å². The van der Waals surface area contributed by atoms with Gasteiger partial charge >= 0.3 is 5.97 Å². The molecule has 0 radical (unpaired) electrons. The van der Waals surface area contributed by atoms with Crippen molar-refractivity contribution in [3.8, 4) is 0 Å². The molecule has 144 valence electrons. The molecule has 1 saturated heterocycles. The van der Waals surface area contributed by atoms with Crippen molar-refractivity contribution >= 4 is 17.8 Å². The number of carboxylic acid groups (broad SMARTS) is 1. The van der Waals surface area contributed by atoms with Gasteiger partial charge in [-0.3, -0.25) is 19.5 Å². The maximum absolute atomic E-state index is 13.0. The van der Waals surface area contributed by atoms with Gasteiger partial charge in [0.05, 0.1) is 11.3 Å². The van der Waals surface area contributed by atoms with Crippen LogP contribution in [0.3, 0.4) is 0 Å². The molecule has 8 nitrogen and oxygen atoms in total. The van der Waals surface area contributed by atoms with Crippen LogP contribution < -0.4 is 0 Å². The summed E-state index contributed by atoms with van der Waals surface area (Å²) in [5.41, 5.74) is 2.16. The van der Waals surface area contributed by atoms with Crippen molar-refractivity contribution in [3.63, 3.8) is 0 Å². The molecular weight excluding hydrogens is 336 g/mol. The van der Waals surface area contributed by atoms with Gasteiger partial charge in [0.25, 0.3) is 5.91 Å². The van der Waals surface area contributed by atoms with Gasteiger partial charge in [-0.2, -0.15) is 5.10 Å². The Morgan fingerprint density at radius 1 is 1.31 bits per heavy atom. The summed E-state index contributed by atoms with van der Waals surface area (Å²) in [6, 6.07) is -0.156. The number of aliphatic carboxylic acids is 1. The minimum atomic E-state index is -1.02. The Bertz CT molecular complexity index is 683. The first-order valence-corrected chi connectivity index (χ1v) is 9.05. The van der Waals surface area contributed by atoms with E-state index in [1.54, 1.807) is 4.90 Å². The molecule has 0 bridgehead atoms. The number of rotatable bonds is 5. The molecule has 1 unspecified atom stereocenters. The zero-order chi connectivity index (χ0) is 19.4. The quantitative estimate of drug-likeness (QED) is 0.828. The number of nitrogens with zero attached hydrogens (tertiary/aromatic N) is 3. The molecule has 1 aliphatic heterocycles. The molecule has 1 aromatic rings. The molecule has 0 spiro atoms. The molecule has 8 heteroatoms. The monoisotopic (exact) mass is 364 g/mol. The number of nitrogens with one attached hydrogen (secondary N) is 1. The van der Waals surface area contributed by atoms with E-state index in [0.717, 1.165) is 17.8 Å². The number of hydrogen-bond acceptors (Lipinski definition) is 4. The first-order chi connectivity index (χ1) is 12.2. The Kier molecular flexibility index (Phi) is 6.39. The van der Waals surface area contributed by atoms with Gasteiger partial charge in [-0.1, -0.05) is 13.8 Å². The fraction of sp³-hybridized carbons (Fsp3) is 0.667. The van der Waals surface area contributed by atoms with Crippen LogP contribution in [0.2, 0.25) is 0 Å². The molecule has 2 rings (SSSR count). The van der Waals surface area contributed by atoms with Gasteiger partial charge in [-0.15, -0.1) is 0 Å². The summed E-state index contributed by atoms with van der Waals surface area (Å²) < 4.78 is 0. The SMILES string of the molecule is CC(=O)N(CC(=O)O)C1CCCN(C(=O)c2c(C(C)C)n[nH]c2C)CC1. The topological polar surface area (TPSA) is 107 Å². The number of carbonyl (C=O) groups excluding carboxylic acids is 2. The molecule has 1 aromatic heterocycles. The maximum Gasteiger partial charge on any atom is 0.323 e. The summed E-state index contributed by atoms with van der Waals surface area (Å²) in [4.78, 5) is 39.1. The second-order valence-electron chi connectivity index (χ2n) is 7.18. The Balaban J connectivity index is 2.13. The molecule has 0 aromatic carbocycles. The third kappa shape index (κ3) is 4.42. The van der Waals surface area contributed by atoms with E-state index in [0.29, 0.717) is 31.5 Å². The predicted octanol–water partition coefficient (Wildman–Crippen LogP) is 1.77. The summed E-state index contributed by atoms with van der Waals surface area (Å²) in [5, 5.41) is 16.2. The van der Waals surface area contributed by atoms with Crippen molar-refractivity contribution in [1.29, 1.82) is 0 Å². The molecule has 26 heavy (non-hydrogen) atoms. The highest BCUT2D eigenvalue weighted by Gasteiger charge is 2.30. The zero-order valence-electron chi connectivity index (χ0n) is 15.9. The molecule has 1 fully saturated rings. The smallest absolute Gasteiger partial charge is 0.323 e. The summed E-state index contributed by atoms with van der Waals surface area (Å²) >= 11 is 0. The van der Waals surface area contributed by atoms with Gasteiger partial charge in [0.1, 0.15) is 6.54 Å². The van der Waals surface area contributed by atoms with E-state index in [4.69, 9.17) is 5.11 Å². The van der Waals surface area contributed by atoms with Crippen LogP contribution >= 0.6 is 0 Å². The predicted molar refractivity (Wildman–Crippen MR) is 96.0 cm³/mol. The van der Waals surface area contributed by atoms with E-state index in [-0.39, 0.29) is 30.3 Å². The van der Waals surface area contributed by atoms with Crippen LogP contribution in [-0.4, -0.2) is 68.6 Å². The first-order valence-electron chi connectivity index (χ1n) is 9.05. The third-order valence-corrected chi connectivity index (χ3v) is 4.87. The largest absolute Gasteiger partial charge is 0.480 e. The van der Waals surface area contributed by atoms with Gasteiger partial charge < -0.3 is 14.9 Å². The number of aryl methyl sites for hydroxylation is 1. The summed E-state index contributed by atoms with van der Waals surface area (Å²) in [5.74, 6) is -1.17. The highest BCUT2D eigenvalue weighted by molar-refractivity contribution is 5.96. The Morgan fingerprint density at radius 3 is 2.58 bits per heavy atom. The number of carboxylic acids is 1. The lowest BCUT2D eigenvalue weighted by molar-refractivity contribution is -0.145. The van der Waals surface area contributed by atoms with Crippen molar-refractivity contribution < 1.29 is 19.5 Å². The lowest BCUT2D eigenvalue weighted by atomic mass is 10.0. The van der Waals surface area contributed by atoms with Crippen molar-refractivity contribution in [2.45, 2.75) is 58.9 Å². The van der Waals surface area contributed by atoms with Gasteiger partial charge in [0, 0.05) is 31.7 Å². The standard InChI is InChI=1S/C18H28N4O4/c1-11(2)17-16(12(3)19-20-17)18(26)21-8-5-6-14(7-9-21)22(13(4)23)10-15(24)25/h11,14H,5-10H2,1-4H3,(H,19,20)(H,24,25). The normalized spacial score (nSPS) is 17.9. The van der Waals surface area contributed by atoms with Gasteiger partial charge in [-0.05, 0) is 32.1 Å². The molecule has 2 heterocycles. The Hall–Kier alpha value is -2.38. The molecule has 0 aliphatic carbocycles. The van der Waals surface area contributed by atoms with Gasteiger partial charge in [0.15, 0.2) is 0 Å². The number of aromatic amines is 1. The maximum atomic E-state index is 13.0. The third-order valence-electron chi connectivity index (χ3n) is 4.87. The number of aromatic nitrogens is 2. The molecule has 1 aliphatic rings. The lowest BCUT2D eigenvalue weighted by Crippen LogP contribution is -2.43. The fourth-order valence-corrected chi connectivity index (χ4v) is 3.53. The number of likely N-dealkylation sites (tertiary alicyclic amines) is 1. The number of amides is 2. The first kappa shape index (κ1) is 19.9. The fourth-order valence-electron chi connectivity index (χ4n) is 3.53. The van der Waals surface area contributed by atoms with Crippen LogP contribution in [0.15, 0.2) is 0 Å². The summed E-state index contributed by atoms with van der Waals surface area (Å²) in [6.07, 6.45) is 2.00. The van der Waals surface area contributed by atoms with Crippen LogP contribution in [0.4, 0.5) is 0 Å². The van der Waals surface area contributed by atoms with E-state index < -0.39 is 5.97 Å². The Labute approximate surface area is 153 Å². The second-order valence-corrected chi connectivity index (χ2v) is 7.18. The number of carbonyl (C=O) groups is 3. The number of H-pyrrole nitrogens is 1. The molecule has 2 N–H and O–H groups in total. The number of hydrogen-bond donors (Lipinski definition) is 2. The molecule has 1 atom stereocenters. The second kappa shape index (κ2) is 8.33. The van der Waals surface area contributed by atoms with Crippen LogP contribution in [0.25, 0.3) is 0 Å². The van der Waals surface area contributed by atoms with Crippen LogP contribution in [0.1, 0.15) is 67.7 Å². The summed E-state index contributed by atoms with van der Waals surface area (Å²) in [6.45, 7) is 8.03. The van der Waals surface area contributed by atoms with E-state index in [2.05, 4.69) is 10.2 Å². The average Bonchev–Trinajstić information content (AvgIpc) is 2.79. The van der Waals surface area contributed by atoms with Crippen LogP contribution in [-0.2, 0) is 9.59 Å². The van der Waals surface area contributed by atoms with Crippen molar-refractivity contribution in [3.05, 3.63) is 17.0 Å². The molecular formula is C18H28N4O4. The van der Waals surface area contributed by atoms with Gasteiger partial charge in [0.2, 0.25) is 5.91 Å². The van der Waals surface area contributed by atoms with E-state index >= 15 is 0 Å². The van der Waals surface area contributed by atoms with E-state index in [9.17, 15) is 14.4 Å². The van der Waals surface area contributed by atoms with Gasteiger partial charge in [-0.25, -0.2) is 0 Å². The summed E-state index contributed by atoms with van der Waals surface area (Å²) in [7, 11) is 0. The minimum Gasteiger partial charge on any atom is -0.480 e. The average molecular weight is 364 g/mol. The molecule has 2 amide bonds. The van der Waals surface area contributed by atoms with Crippen LogP contribution in [0, 0.1) is 6.92 Å². The lowest BCUT2D eigenvalue weighted by Gasteiger charge is -2.29. The Morgan fingerprint density at radius 2 is 2.00 bits per heavy atom. The minimum absolute atomic E-state index is 0.0480.